The Balaban J connectivity index is 1.77. The Morgan fingerprint density at radius 2 is 1.79 bits per heavy atom. The quantitative estimate of drug-likeness (QED) is 0.548. The van der Waals surface area contributed by atoms with Crippen molar-refractivity contribution in [3.63, 3.8) is 0 Å². The summed E-state index contributed by atoms with van der Waals surface area (Å²) in [4.78, 5) is 24.9. The molecule has 2 aromatic carbocycles. The van der Waals surface area contributed by atoms with Gasteiger partial charge in [-0.05, 0) is 42.5 Å². The molecule has 1 saturated heterocycles. The van der Waals surface area contributed by atoms with Gasteiger partial charge in [0.2, 0.25) is 15.9 Å². The van der Waals surface area contributed by atoms with Crippen LogP contribution in [0.25, 0.3) is 0 Å². The summed E-state index contributed by atoms with van der Waals surface area (Å²) in [5, 5.41) is 0. The molecule has 0 saturated carbocycles. The minimum absolute atomic E-state index is 0.0132. The van der Waals surface area contributed by atoms with Crippen molar-refractivity contribution in [2.45, 2.75) is 10.9 Å². The van der Waals surface area contributed by atoms with Crippen LogP contribution >= 0.6 is 0 Å². The zero-order valence-corrected chi connectivity index (χ0v) is 19.0. The molecular formula is C21H23F2N3O7S. The normalized spacial score (nSPS) is 16.8. The van der Waals surface area contributed by atoms with Crippen LogP contribution in [-0.2, 0) is 24.3 Å². The monoisotopic (exact) mass is 499 g/mol. The molecule has 0 unspecified atom stereocenters. The van der Waals surface area contributed by atoms with Crippen LogP contribution in [0, 0.1) is 11.6 Å². The minimum atomic E-state index is -4.36. The van der Waals surface area contributed by atoms with Crippen molar-refractivity contribution in [3.05, 3.63) is 54.1 Å². The van der Waals surface area contributed by atoms with Gasteiger partial charge < -0.3 is 24.8 Å². The molecule has 1 aliphatic rings. The Morgan fingerprint density at radius 3 is 2.41 bits per heavy atom. The third-order valence-electron chi connectivity index (χ3n) is 4.98. The number of hydrogen-bond acceptors (Lipinski definition) is 7. The fourth-order valence-electron chi connectivity index (χ4n) is 3.25. The van der Waals surface area contributed by atoms with E-state index in [9.17, 15) is 26.8 Å². The summed E-state index contributed by atoms with van der Waals surface area (Å²) in [5.41, 5.74) is 5.40. The molecule has 0 bridgehead atoms. The van der Waals surface area contributed by atoms with Crippen LogP contribution < -0.4 is 10.5 Å². The molecule has 1 heterocycles. The number of amides is 2. The number of sulfonamides is 1. The number of rotatable bonds is 8. The van der Waals surface area contributed by atoms with Crippen molar-refractivity contribution in [1.82, 2.24) is 9.21 Å². The molecule has 0 aromatic heterocycles. The number of carbonyl (C=O) groups excluding carboxylic acids is 2. The summed E-state index contributed by atoms with van der Waals surface area (Å²) in [6, 6.07) is 6.42. The third kappa shape index (κ3) is 5.79. The number of primary amides is 1. The number of methoxy groups -OCH3 is 1. The summed E-state index contributed by atoms with van der Waals surface area (Å²) in [6.07, 6.45) is -0.742. The molecule has 0 spiro atoms. The maximum Gasteiger partial charge on any atom is 0.409 e. The number of hydrogen-bond donors (Lipinski definition) is 1. The Morgan fingerprint density at radius 1 is 1.09 bits per heavy atom. The molecule has 1 atom stereocenters. The van der Waals surface area contributed by atoms with E-state index in [2.05, 4.69) is 0 Å². The molecule has 2 amide bonds. The first-order valence-corrected chi connectivity index (χ1v) is 11.5. The molecule has 0 aliphatic carbocycles. The number of nitrogens with zero attached hydrogens (tertiary/aromatic N) is 2. The van der Waals surface area contributed by atoms with Crippen LogP contribution in [0.3, 0.4) is 0 Å². The molecule has 10 nitrogen and oxygen atoms in total. The second kappa shape index (κ2) is 10.8. The Labute approximate surface area is 194 Å². The van der Waals surface area contributed by atoms with Crippen molar-refractivity contribution in [3.8, 4) is 11.5 Å². The lowest BCUT2D eigenvalue weighted by atomic mass is 10.2. The highest BCUT2D eigenvalue weighted by Gasteiger charge is 2.41. The predicted octanol–water partition coefficient (Wildman–Crippen LogP) is 1.70. The average Bonchev–Trinajstić information content (AvgIpc) is 2.81. The first kappa shape index (κ1) is 25.3. The molecule has 1 fully saturated rings. The highest BCUT2D eigenvalue weighted by Crippen LogP contribution is 2.29. The largest absolute Gasteiger partial charge is 0.454 e. The van der Waals surface area contributed by atoms with E-state index in [0.717, 1.165) is 39.5 Å². The van der Waals surface area contributed by atoms with Gasteiger partial charge in [-0.3, -0.25) is 4.79 Å². The number of carbonyl (C=O) groups is 2. The van der Waals surface area contributed by atoms with E-state index >= 15 is 0 Å². The van der Waals surface area contributed by atoms with Crippen LogP contribution in [0.4, 0.5) is 13.6 Å². The summed E-state index contributed by atoms with van der Waals surface area (Å²) in [6.45, 7) is -0.491. The van der Waals surface area contributed by atoms with Gasteiger partial charge in [0.1, 0.15) is 24.2 Å². The predicted molar refractivity (Wildman–Crippen MR) is 115 cm³/mol. The van der Waals surface area contributed by atoms with Crippen LogP contribution in [0.1, 0.15) is 0 Å². The van der Waals surface area contributed by atoms with Crippen LogP contribution in [-0.4, -0.2) is 75.6 Å². The van der Waals surface area contributed by atoms with Crippen molar-refractivity contribution >= 4 is 22.0 Å². The Hall–Kier alpha value is -3.29. The fourth-order valence-corrected chi connectivity index (χ4v) is 4.84. The molecular weight excluding hydrogens is 476 g/mol. The molecule has 0 radical (unpaired) electrons. The van der Waals surface area contributed by atoms with E-state index in [1.54, 1.807) is 0 Å². The van der Waals surface area contributed by atoms with E-state index in [4.69, 9.17) is 19.9 Å². The van der Waals surface area contributed by atoms with E-state index < -0.39 is 44.6 Å². The van der Waals surface area contributed by atoms with E-state index in [-0.39, 0.29) is 44.3 Å². The lowest BCUT2D eigenvalue weighted by Gasteiger charge is -2.38. The lowest BCUT2D eigenvalue weighted by molar-refractivity contribution is -0.123. The number of halogens is 2. The van der Waals surface area contributed by atoms with E-state index in [1.807, 2.05) is 0 Å². The zero-order valence-electron chi connectivity index (χ0n) is 18.1. The van der Waals surface area contributed by atoms with Crippen molar-refractivity contribution in [2.75, 3.05) is 40.0 Å². The first-order chi connectivity index (χ1) is 16.1. The Kier molecular flexibility index (Phi) is 8.02. The highest BCUT2D eigenvalue weighted by molar-refractivity contribution is 7.89. The average molecular weight is 499 g/mol. The molecule has 2 N–H and O–H groups in total. The second-order valence-electron chi connectivity index (χ2n) is 7.24. The molecule has 13 heteroatoms. The van der Waals surface area contributed by atoms with Crippen molar-refractivity contribution < 1.29 is 41.0 Å². The van der Waals surface area contributed by atoms with Gasteiger partial charge in [-0.15, -0.1) is 0 Å². The summed E-state index contributed by atoms with van der Waals surface area (Å²) in [7, 11) is -2.92. The summed E-state index contributed by atoms with van der Waals surface area (Å²) in [5.74, 6) is -2.59. The standard InChI is InChI=1S/C21H23F2N3O7S/c1-31-10-11-32-21(28)25-8-9-26(18(13-25)20(24)27)34(29,30)16-6-7-19(17(23)12-16)33-15-4-2-14(22)3-5-15/h2-7,12,18H,8-11,13H2,1H3,(H2,24,27)/t18-/m1/s1. The molecule has 184 valence electrons. The number of piperazine rings is 1. The smallest absolute Gasteiger partial charge is 0.409 e. The zero-order chi connectivity index (χ0) is 24.9. The maximum atomic E-state index is 14.6. The van der Waals surface area contributed by atoms with Crippen molar-refractivity contribution in [1.29, 1.82) is 0 Å². The highest BCUT2D eigenvalue weighted by atomic mass is 32.2. The molecule has 1 aliphatic heterocycles. The lowest BCUT2D eigenvalue weighted by Crippen LogP contribution is -2.60. The number of ether oxygens (including phenoxy) is 3. The summed E-state index contributed by atoms with van der Waals surface area (Å²) < 4.78 is 69.9. The molecule has 34 heavy (non-hydrogen) atoms. The van der Waals surface area contributed by atoms with Crippen LogP contribution in [0.15, 0.2) is 47.4 Å². The van der Waals surface area contributed by atoms with E-state index in [0.29, 0.717) is 0 Å². The number of nitrogens with two attached hydrogens (primary N) is 1. The van der Waals surface area contributed by atoms with Crippen molar-refractivity contribution in [2.24, 2.45) is 5.73 Å². The minimum Gasteiger partial charge on any atom is -0.454 e. The van der Waals surface area contributed by atoms with Gasteiger partial charge in [0.15, 0.2) is 11.6 Å². The topological polar surface area (TPSA) is 128 Å². The van der Waals surface area contributed by atoms with Gasteiger partial charge in [-0.2, -0.15) is 4.31 Å². The first-order valence-electron chi connectivity index (χ1n) is 10.1. The third-order valence-corrected chi connectivity index (χ3v) is 6.89. The van der Waals surface area contributed by atoms with Gasteiger partial charge in [-0.25, -0.2) is 22.0 Å². The summed E-state index contributed by atoms with van der Waals surface area (Å²) >= 11 is 0. The van der Waals surface area contributed by atoms with Gasteiger partial charge in [0.05, 0.1) is 11.5 Å². The molecule has 3 rings (SSSR count). The Bertz CT molecular complexity index is 1150. The SMILES string of the molecule is COCCOC(=O)N1CCN(S(=O)(=O)c2ccc(Oc3ccc(F)cc3)c(F)c2)[C@@H](C(N)=O)C1. The van der Waals surface area contributed by atoms with E-state index in [1.165, 1.54) is 19.2 Å². The maximum absolute atomic E-state index is 14.6. The molecule has 2 aromatic rings. The van der Waals surface area contributed by atoms with Gasteiger partial charge in [0.25, 0.3) is 0 Å². The van der Waals surface area contributed by atoms with Crippen LogP contribution in [0.5, 0.6) is 11.5 Å². The number of benzene rings is 2. The van der Waals surface area contributed by atoms with Gasteiger partial charge >= 0.3 is 6.09 Å². The van der Waals surface area contributed by atoms with Crippen LogP contribution in [0.2, 0.25) is 0 Å². The fraction of sp³-hybridized carbons (Fsp3) is 0.333. The second-order valence-corrected chi connectivity index (χ2v) is 9.13. The van der Waals surface area contributed by atoms with Gasteiger partial charge in [0, 0.05) is 26.7 Å². The van der Waals surface area contributed by atoms with Gasteiger partial charge in [-0.1, -0.05) is 0 Å².